The standard InChI is InChI=1S/C31H35N3OS/c1-3-5-12-24-17-19-27(20-18-24)30(35)32-21-23-36-31-33-28(25-13-8-6-9-14-25)29(34(31)22-4-2)26-15-10-7-11-16-26/h6-11,13-20H,3-5,12,21-23H2,1-2H3,(H,32,35). The summed E-state index contributed by atoms with van der Waals surface area (Å²) in [6.07, 6.45) is 4.43. The molecule has 0 saturated carbocycles. The van der Waals surface area contributed by atoms with Gasteiger partial charge in [-0.1, -0.05) is 105 Å². The van der Waals surface area contributed by atoms with E-state index in [2.05, 4.69) is 84.4 Å². The number of aromatic nitrogens is 2. The van der Waals surface area contributed by atoms with Crippen LogP contribution >= 0.6 is 11.8 Å². The summed E-state index contributed by atoms with van der Waals surface area (Å²) in [6, 6.07) is 28.9. The van der Waals surface area contributed by atoms with E-state index in [0.29, 0.717) is 12.1 Å². The molecule has 186 valence electrons. The van der Waals surface area contributed by atoms with Crippen molar-refractivity contribution in [2.75, 3.05) is 12.3 Å². The Hall–Kier alpha value is -3.31. The molecule has 5 heteroatoms. The predicted octanol–water partition coefficient (Wildman–Crippen LogP) is 7.49. The Kier molecular flexibility index (Phi) is 9.40. The summed E-state index contributed by atoms with van der Waals surface area (Å²) in [6.45, 7) is 5.86. The van der Waals surface area contributed by atoms with Gasteiger partial charge in [0.05, 0.1) is 11.4 Å². The molecule has 1 aromatic heterocycles. The van der Waals surface area contributed by atoms with Crippen molar-refractivity contribution in [3.63, 3.8) is 0 Å². The molecule has 0 radical (unpaired) electrons. The Morgan fingerprint density at radius 2 is 1.53 bits per heavy atom. The van der Waals surface area contributed by atoms with Crippen LogP contribution in [0.3, 0.4) is 0 Å². The van der Waals surface area contributed by atoms with Crippen molar-refractivity contribution in [1.82, 2.24) is 14.9 Å². The van der Waals surface area contributed by atoms with E-state index in [1.807, 2.05) is 24.3 Å². The van der Waals surface area contributed by atoms with E-state index in [1.54, 1.807) is 11.8 Å². The lowest BCUT2D eigenvalue weighted by Gasteiger charge is -2.12. The van der Waals surface area contributed by atoms with Crippen molar-refractivity contribution in [2.45, 2.75) is 51.2 Å². The number of imidazole rings is 1. The van der Waals surface area contributed by atoms with Gasteiger partial charge in [-0.2, -0.15) is 0 Å². The Labute approximate surface area is 219 Å². The van der Waals surface area contributed by atoms with Gasteiger partial charge in [-0.3, -0.25) is 4.79 Å². The van der Waals surface area contributed by atoms with Crippen molar-refractivity contribution in [1.29, 1.82) is 0 Å². The van der Waals surface area contributed by atoms with Crippen molar-refractivity contribution in [2.24, 2.45) is 0 Å². The Morgan fingerprint density at radius 3 is 2.17 bits per heavy atom. The van der Waals surface area contributed by atoms with Crippen LogP contribution in [0.5, 0.6) is 0 Å². The number of nitrogens with zero attached hydrogens (tertiary/aromatic N) is 2. The first-order chi connectivity index (χ1) is 17.7. The molecule has 0 aliphatic rings. The molecule has 0 atom stereocenters. The topological polar surface area (TPSA) is 46.9 Å². The number of thioether (sulfide) groups is 1. The zero-order valence-corrected chi connectivity index (χ0v) is 22.1. The lowest BCUT2D eigenvalue weighted by Crippen LogP contribution is -2.25. The molecule has 4 rings (SSSR count). The molecule has 0 spiro atoms. The lowest BCUT2D eigenvalue weighted by atomic mass is 10.0. The van der Waals surface area contributed by atoms with Gasteiger partial charge in [-0.15, -0.1) is 0 Å². The highest BCUT2D eigenvalue weighted by Gasteiger charge is 2.20. The van der Waals surface area contributed by atoms with E-state index in [0.717, 1.165) is 47.2 Å². The van der Waals surface area contributed by atoms with Crippen LogP contribution in [0, 0.1) is 0 Å². The summed E-state index contributed by atoms with van der Waals surface area (Å²) in [7, 11) is 0. The van der Waals surface area contributed by atoms with Gasteiger partial charge in [0, 0.05) is 35.5 Å². The number of rotatable bonds is 12. The molecule has 1 amide bonds. The van der Waals surface area contributed by atoms with Crippen molar-refractivity contribution < 1.29 is 4.79 Å². The van der Waals surface area contributed by atoms with E-state index in [4.69, 9.17) is 4.98 Å². The van der Waals surface area contributed by atoms with Crippen LogP contribution < -0.4 is 5.32 Å². The third-order valence-electron chi connectivity index (χ3n) is 6.13. The molecule has 0 saturated heterocycles. The normalized spacial score (nSPS) is 10.9. The molecule has 4 nitrogen and oxygen atoms in total. The molecular formula is C31H35N3OS. The van der Waals surface area contributed by atoms with Crippen molar-refractivity contribution in [3.8, 4) is 22.5 Å². The third kappa shape index (κ3) is 6.46. The van der Waals surface area contributed by atoms with Crippen molar-refractivity contribution in [3.05, 3.63) is 96.1 Å². The number of amides is 1. The molecular weight excluding hydrogens is 462 g/mol. The summed E-state index contributed by atoms with van der Waals surface area (Å²) < 4.78 is 2.33. The number of carbonyl (C=O) groups excluding carboxylic acids is 1. The zero-order valence-electron chi connectivity index (χ0n) is 21.2. The van der Waals surface area contributed by atoms with Gasteiger partial charge in [0.25, 0.3) is 5.91 Å². The van der Waals surface area contributed by atoms with E-state index in [9.17, 15) is 4.79 Å². The highest BCUT2D eigenvalue weighted by atomic mass is 32.2. The van der Waals surface area contributed by atoms with Crippen LogP contribution in [-0.2, 0) is 13.0 Å². The summed E-state index contributed by atoms with van der Waals surface area (Å²) >= 11 is 1.70. The van der Waals surface area contributed by atoms with Gasteiger partial charge >= 0.3 is 0 Å². The van der Waals surface area contributed by atoms with E-state index < -0.39 is 0 Å². The maximum Gasteiger partial charge on any atom is 0.251 e. The summed E-state index contributed by atoms with van der Waals surface area (Å²) in [4.78, 5) is 17.7. The van der Waals surface area contributed by atoms with Crippen LogP contribution in [-0.4, -0.2) is 27.8 Å². The number of carbonyl (C=O) groups is 1. The van der Waals surface area contributed by atoms with Crippen molar-refractivity contribution >= 4 is 17.7 Å². The van der Waals surface area contributed by atoms with Crippen LogP contribution in [0.4, 0.5) is 0 Å². The quantitative estimate of drug-likeness (QED) is 0.163. The molecule has 0 unspecified atom stereocenters. The van der Waals surface area contributed by atoms with Crippen LogP contribution in [0.1, 0.15) is 49.0 Å². The van der Waals surface area contributed by atoms with Gasteiger partial charge in [0.2, 0.25) is 0 Å². The number of hydrogen-bond acceptors (Lipinski definition) is 3. The first kappa shape index (κ1) is 25.8. The molecule has 1 N–H and O–H groups in total. The smallest absolute Gasteiger partial charge is 0.251 e. The van der Waals surface area contributed by atoms with E-state index >= 15 is 0 Å². The minimum atomic E-state index is -0.0236. The second-order valence-corrected chi connectivity index (χ2v) is 9.94. The highest BCUT2D eigenvalue weighted by Crippen LogP contribution is 2.36. The Morgan fingerprint density at radius 1 is 0.861 bits per heavy atom. The van der Waals surface area contributed by atoms with E-state index in [1.165, 1.54) is 24.0 Å². The number of aryl methyl sites for hydroxylation is 1. The second kappa shape index (κ2) is 13.1. The molecule has 0 fully saturated rings. The molecule has 36 heavy (non-hydrogen) atoms. The first-order valence-electron chi connectivity index (χ1n) is 12.9. The minimum absolute atomic E-state index is 0.0236. The molecule has 1 heterocycles. The Bertz CT molecular complexity index is 1230. The van der Waals surface area contributed by atoms with Crippen LogP contribution in [0.2, 0.25) is 0 Å². The predicted molar refractivity (Wildman–Crippen MR) is 152 cm³/mol. The second-order valence-electron chi connectivity index (χ2n) is 8.88. The number of nitrogens with one attached hydrogen (secondary N) is 1. The van der Waals surface area contributed by atoms with Crippen LogP contribution in [0.15, 0.2) is 90.1 Å². The zero-order chi connectivity index (χ0) is 25.2. The minimum Gasteiger partial charge on any atom is -0.351 e. The number of unbranched alkanes of at least 4 members (excludes halogenated alkanes) is 1. The molecule has 0 bridgehead atoms. The van der Waals surface area contributed by atoms with Gasteiger partial charge in [0.1, 0.15) is 0 Å². The number of benzene rings is 3. The third-order valence-corrected chi connectivity index (χ3v) is 7.11. The van der Waals surface area contributed by atoms with E-state index in [-0.39, 0.29) is 5.91 Å². The average molecular weight is 498 g/mol. The Balaban J connectivity index is 1.47. The monoisotopic (exact) mass is 497 g/mol. The maximum atomic E-state index is 12.6. The van der Waals surface area contributed by atoms with Gasteiger partial charge in [-0.05, 0) is 37.0 Å². The summed E-state index contributed by atoms with van der Waals surface area (Å²) in [5, 5.41) is 4.06. The molecule has 4 aromatic rings. The highest BCUT2D eigenvalue weighted by molar-refractivity contribution is 7.99. The molecule has 3 aromatic carbocycles. The fraction of sp³-hybridized carbons (Fsp3) is 0.290. The SMILES string of the molecule is CCCCc1ccc(C(=O)NCCSc2nc(-c3ccccc3)c(-c3ccccc3)n2CCC)cc1. The summed E-state index contributed by atoms with van der Waals surface area (Å²) in [5.41, 5.74) is 6.44. The molecule has 0 aliphatic heterocycles. The first-order valence-corrected chi connectivity index (χ1v) is 13.9. The van der Waals surface area contributed by atoms with Gasteiger partial charge in [-0.25, -0.2) is 4.98 Å². The fourth-order valence-electron chi connectivity index (χ4n) is 4.27. The molecule has 0 aliphatic carbocycles. The van der Waals surface area contributed by atoms with Crippen LogP contribution in [0.25, 0.3) is 22.5 Å². The van der Waals surface area contributed by atoms with Gasteiger partial charge < -0.3 is 9.88 Å². The maximum absolute atomic E-state index is 12.6. The summed E-state index contributed by atoms with van der Waals surface area (Å²) in [5.74, 6) is 0.730. The number of hydrogen-bond donors (Lipinski definition) is 1. The lowest BCUT2D eigenvalue weighted by molar-refractivity contribution is 0.0956. The average Bonchev–Trinajstić information content (AvgIpc) is 3.29. The largest absolute Gasteiger partial charge is 0.351 e. The van der Waals surface area contributed by atoms with Gasteiger partial charge in [0.15, 0.2) is 5.16 Å². The fourth-order valence-corrected chi connectivity index (χ4v) is 5.15.